The van der Waals surface area contributed by atoms with Crippen LogP contribution in [0.2, 0.25) is 0 Å². The van der Waals surface area contributed by atoms with E-state index in [1.54, 1.807) is 0 Å². The van der Waals surface area contributed by atoms with E-state index < -0.39 is 27.4 Å². The Bertz CT molecular complexity index is 511. The van der Waals surface area contributed by atoms with Crippen molar-refractivity contribution in [3.63, 3.8) is 0 Å². The Hall–Kier alpha value is -1.19. The first-order valence-electron chi connectivity index (χ1n) is 6.37. The molecule has 0 radical (unpaired) electrons. The SMILES string of the molecule is NS(=O)(=O)CC1CC(=O)N(C2(C(=O)O)CCOCC2)C1. The van der Waals surface area contributed by atoms with Crippen LogP contribution in [0.25, 0.3) is 0 Å². The maximum absolute atomic E-state index is 12.1. The molecule has 3 N–H and O–H groups in total. The third kappa shape index (κ3) is 2.94. The Morgan fingerprint density at radius 2 is 2.05 bits per heavy atom. The summed E-state index contributed by atoms with van der Waals surface area (Å²) in [6.45, 7) is 0.660. The number of likely N-dealkylation sites (tertiary alicyclic amines) is 1. The molecule has 8 nitrogen and oxygen atoms in total. The van der Waals surface area contributed by atoms with Gasteiger partial charge in [-0.2, -0.15) is 0 Å². The molecule has 0 spiro atoms. The van der Waals surface area contributed by atoms with Crippen molar-refractivity contribution in [3.05, 3.63) is 0 Å². The summed E-state index contributed by atoms with van der Waals surface area (Å²) in [4.78, 5) is 25.0. The highest BCUT2D eigenvalue weighted by atomic mass is 32.2. The molecule has 20 heavy (non-hydrogen) atoms. The summed E-state index contributed by atoms with van der Waals surface area (Å²) in [6, 6.07) is 0. The van der Waals surface area contributed by atoms with E-state index in [-0.39, 0.29) is 50.7 Å². The van der Waals surface area contributed by atoms with Gasteiger partial charge in [-0.3, -0.25) is 4.79 Å². The second-order valence-corrected chi connectivity index (χ2v) is 7.01. The first kappa shape index (κ1) is 15.2. The van der Waals surface area contributed by atoms with Crippen LogP contribution < -0.4 is 5.14 Å². The number of nitrogens with zero attached hydrogens (tertiary/aromatic N) is 1. The molecule has 0 aliphatic carbocycles. The number of hydrogen-bond donors (Lipinski definition) is 2. The molecule has 1 amide bonds. The van der Waals surface area contributed by atoms with Gasteiger partial charge in [-0.15, -0.1) is 0 Å². The maximum Gasteiger partial charge on any atom is 0.329 e. The number of aliphatic carboxylic acids is 1. The van der Waals surface area contributed by atoms with Crippen LogP contribution in [0.5, 0.6) is 0 Å². The number of carboxylic acid groups (broad SMARTS) is 1. The Labute approximate surface area is 116 Å². The zero-order valence-corrected chi connectivity index (χ0v) is 11.8. The molecule has 0 bridgehead atoms. The summed E-state index contributed by atoms with van der Waals surface area (Å²) < 4.78 is 27.4. The topological polar surface area (TPSA) is 127 Å². The van der Waals surface area contributed by atoms with Crippen molar-refractivity contribution in [2.24, 2.45) is 11.1 Å². The van der Waals surface area contributed by atoms with E-state index in [1.165, 1.54) is 4.90 Å². The molecule has 9 heteroatoms. The molecule has 0 saturated carbocycles. The number of hydrogen-bond acceptors (Lipinski definition) is 5. The van der Waals surface area contributed by atoms with E-state index in [0.717, 1.165) is 0 Å². The Balaban J connectivity index is 2.18. The molecule has 1 unspecified atom stereocenters. The molecule has 2 aliphatic heterocycles. The second-order valence-electron chi connectivity index (χ2n) is 5.35. The van der Waals surface area contributed by atoms with Crippen LogP contribution >= 0.6 is 0 Å². The predicted molar refractivity (Wildman–Crippen MR) is 68.2 cm³/mol. The first-order valence-corrected chi connectivity index (χ1v) is 8.08. The quantitative estimate of drug-likeness (QED) is 0.668. The summed E-state index contributed by atoms with van der Waals surface area (Å²) in [6.07, 6.45) is 0.457. The van der Waals surface area contributed by atoms with Gasteiger partial charge in [-0.25, -0.2) is 18.4 Å². The van der Waals surface area contributed by atoms with Gasteiger partial charge < -0.3 is 14.7 Å². The Morgan fingerprint density at radius 3 is 2.55 bits per heavy atom. The van der Waals surface area contributed by atoms with E-state index in [2.05, 4.69) is 0 Å². The smallest absolute Gasteiger partial charge is 0.329 e. The fourth-order valence-corrected chi connectivity index (χ4v) is 3.82. The van der Waals surface area contributed by atoms with Gasteiger partial charge in [-0.05, 0) is 0 Å². The molecule has 2 saturated heterocycles. The number of nitrogens with two attached hydrogens (primary N) is 1. The highest BCUT2D eigenvalue weighted by Gasteiger charge is 2.51. The summed E-state index contributed by atoms with van der Waals surface area (Å²) in [7, 11) is -3.68. The first-order chi connectivity index (χ1) is 9.24. The molecule has 0 aromatic rings. The number of ether oxygens (including phenoxy) is 1. The highest BCUT2D eigenvalue weighted by Crippen LogP contribution is 2.34. The van der Waals surface area contributed by atoms with E-state index in [1.807, 2.05) is 0 Å². The van der Waals surface area contributed by atoms with Crippen LogP contribution in [0.15, 0.2) is 0 Å². The fraction of sp³-hybridized carbons (Fsp3) is 0.818. The molecule has 0 aromatic heterocycles. The molecule has 114 valence electrons. The molecule has 2 aliphatic rings. The van der Waals surface area contributed by atoms with Crippen molar-refractivity contribution in [3.8, 4) is 0 Å². The largest absolute Gasteiger partial charge is 0.479 e. The minimum Gasteiger partial charge on any atom is -0.479 e. The lowest BCUT2D eigenvalue weighted by Crippen LogP contribution is -2.58. The standard InChI is InChI=1S/C11H18N2O6S/c12-20(17,18)7-8-5-9(14)13(6-8)11(10(15)16)1-3-19-4-2-11/h8H,1-7H2,(H,15,16)(H2,12,17,18). The van der Waals surface area contributed by atoms with Gasteiger partial charge in [0, 0.05) is 44.9 Å². The van der Waals surface area contributed by atoms with E-state index in [4.69, 9.17) is 9.88 Å². The minimum absolute atomic E-state index is 0.0202. The van der Waals surface area contributed by atoms with E-state index >= 15 is 0 Å². The van der Waals surface area contributed by atoms with Gasteiger partial charge in [0.05, 0.1) is 5.75 Å². The van der Waals surface area contributed by atoms with Crippen LogP contribution in [0.4, 0.5) is 0 Å². The fourth-order valence-electron chi connectivity index (χ4n) is 2.94. The van der Waals surface area contributed by atoms with Gasteiger partial charge in [0.2, 0.25) is 15.9 Å². The lowest BCUT2D eigenvalue weighted by molar-refractivity contribution is -0.163. The third-order valence-electron chi connectivity index (χ3n) is 3.91. The van der Waals surface area contributed by atoms with E-state index in [9.17, 15) is 23.1 Å². The summed E-state index contributed by atoms with van der Waals surface area (Å²) >= 11 is 0. The minimum atomic E-state index is -3.68. The zero-order chi connectivity index (χ0) is 15.0. The van der Waals surface area contributed by atoms with Crippen molar-refractivity contribution in [2.45, 2.75) is 24.8 Å². The van der Waals surface area contributed by atoms with Crippen LogP contribution in [-0.2, 0) is 24.3 Å². The van der Waals surface area contributed by atoms with Crippen LogP contribution in [0.1, 0.15) is 19.3 Å². The second kappa shape index (κ2) is 5.30. The molecule has 2 fully saturated rings. The maximum atomic E-state index is 12.1. The number of amides is 1. The monoisotopic (exact) mass is 306 g/mol. The van der Waals surface area contributed by atoms with Crippen molar-refractivity contribution >= 4 is 21.9 Å². The molecule has 2 heterocycles. The number of sulfonamides is 1. The van der Waals surface area contributed by atoms with Gasteiger partial charge in [-0.1, -0.05) is 0 Å². The van der Waals surface area contributed by atoms with Crippen molar-refractivity contribution in [1.82, 2.24) is 4.90 Å². The number of carboxylic acids is 1. The summed E-state index contributed by atoms with van der Waals surface area (Å²) in [5.74, 6) is -2.15. The summed E-state index contributed by atoms with van der Waals surface area (Å²) in [5, 5.41) is 14.5. The van der Waals surface area contributed by atoms with Gasteiger partial charge in [0.15, 0.2) is 0 Å². The lowest BCUT2D eigenvalue weighted by atomic mass is 9.88. The Morgan fingerprint density at radius 1 is 1.45 bits per heavy atom. The summed E-state index contributed by atoms with van der Waals surface area (Å²) in [5.41, 5.74) is -1.28. The zero-order valence-electron chi connectivity index (χ0n) is 10.9. The normalized spacial score (nSPS) is 26.8. The number of carbonyl (C=O) groups is 2. The number of carbonyl (C=O) groups excluding carboxylic acids is 1. The van der Waals surface area contributed by atoms with Crippen molar-refractivity contribution < 1.29 is 27.9 Å². The average molecular weight is 306 g/mol. The van der Waals surface area contributed by atoms with Gasteiger partial charge in [0.25, 0.3) is 0 Å². The van der Waals surface area contributed by atoms with Crippen LogP contribution in [-0.4, -0.2) is 61.4 Å². The van der Waals surface area contributed by atoms with Gasteiger partial charge >= 0.3 is 5.97 Å². The highest BCUT2D eigenvalue weighted by molar-refractivity contribution is 7.89. The van der Waals surface area contributed by atoms with Crippen molar-refractivity contribution in [1.29, 1.82) is 0 Å². The predicted octanol–water partition coefficient (Wildman–Crippen LogP) is -1.24. The molecule has 0 aromatic carbocycles. The Kier molecular flexibility index (Phi) is 4.03. The number of rotatable bonds is 4. The third-order valence-corrected chi connectivity index (χ3v) is 4.84. The lowest BCUT2D eigenvalue weighted by Gasteiger charge is -2.40. The van der Waals surface area contributed by atoms with Crippen molar-refractivity contribution in [2.75, 3.05) is 25.5 Å². The van der Waals surface area contributed by atoms with E-state index in [0.29, 0.717) is 0 Å². The van der Waals surface area contributed by atoms with Crippen LogP contribution in [0, 0.1) is 5.92 Å². The molecular weight excluding hydrogens is 288 g/mol. The van der Waals surface area contributed by atoms with Gasteiger partial charge in [0.1, 0.15) is 5.54 Å². The van der Waals surface area contributed by atoms with Crippen LogP contribution in [0.3, 0.4) is 0 Å². The number of primary sulfonamides is 1. The molecule has 1 atom stereocenters. The molecular formula is C11H18N2O6S. The molecule has 2 rings (SSSR count). The average Bonchev–Trinajstić information content (AvgIpc) is 2.68.